The molecule has 0 fully saturated rings. The van der Waals surface area contributed by atoms with E-state index in [-0.39, 0.29) is 0 Å². The van der Waals surface area contributed by atoms with E-state index in [9.17, 15) is 4.79 Å². The topological polar surface area (TPSA) is 29.1 Å². The Balaban J connectivity index is 3.38. The monoisotopic (exact) mass is 161 g/mol. The van der Waals surface area contributed by atoms with Crippen LogP contribution >= 0.6 is 24.0 Å². The van der Waals surface area contributed by atoms with Crippen molar-refractivity contribution in [2.24, 2.45) is 0 Å². The van der Waals surface area contributed by atoms with Gasteiger partial charge in [0.25, 0.3) is 0 Å². The van der Waals surface area contributed by atoms with Gasteiger partial charge in [-0.05, 0) is 12.3 Å². The van der Waals surface area contributed by atoms with Gasteiger partial charge in [-0.1, -0.05) is 30.1 Å². The summed E-state index contributed by atoms with van der Waals surface area (Å²) in [6, 6.07) is 0. The van der Waals surface area contributed by atoms with Crippen molar-refractivity contribution >= 4 is 34.7 Å². The Kier molecular flexibility index (Phi) is 5.56. The first-order chi connectivity index (χ1) is 4.31. The molecule has 4 heteroatoms. The second kappa shape index (κ2) is 5.78. The first-order valence-electron chi connectivity index (χ1n) is 2.33. The molecule has 0 saturated heterocycles. The van der Waals surface area contributed by atoms with Crippen molar-refractivity contribution in [1.29, 1.82) is 0 Å². The largest absolute Gasteiger partial charge is 0.314 e. The van der Waals surface area contributed by atoms with Crippen LogP contribution in [0, 0.1) is 0 Å². The van der Waals surface area contributed by atoms with Gasteiger partial charge in [0.1, 0.15) is 4.32 Å². The van der Waals surface area contributed by atoms with Gasteiger partial charge >= 0.3 is 0 Å². The summed E-state index contributed by atoms with van der Waals surface area (Å²) < 4.78 is 0.475. The second-order valence-electron chi connectivity index (χ2n) is 1.14. The highest BCUT2D eigenvalue weighted by Crippen LogP contribution is 2.01. The van der Waals surface area contributed by atoms with Gasteiger partial charge in [-0.25, -0.2) is 0 Å². The molecule has 0 aliphatic heterocycles. The summed E-state index contributed by atoms with van der Waals surface area (Å²) >= 11 is 6.00. The summed E-state index contributed by atoms with van der Waals surface area (Å²) in [6.07, 6.45) is 2.42. The zero-order valence-corrected chi connectivity index (χ0v) is 6.59. The molecule has 0 aliphatic carbocycles. The van der Waals surface area contributed by atoms with Crippen LogP contribution in [0.1, 0.15) is 6.92 Å². The predicted molar refractivity (Wildman–Crippen MR) is 44.2 cm³/mol. The van der Waals surface area contributed by atoms with E-state index in [1.54, 1.807) is 5.41 Å². The molecule has 9 heavy (non-hydrogen) atoms. The number of thioether (sulfide) groups is 1. The van der Waals surface area contributed by atoms with E-state index in [1.807, 2.05) is 13.0 Å². The van der Waals surface area contributed by atoms with Gasteiger partial charge in [-0.15, -0.1) is 0 Å². The third-order valence-corrected chi connectivity index (χ3v) is 1.63. The fourth-order valence-electron chi connectivity index (χ4n) is 0.212. The summed E-state index contributed by atoms with van der Waals surface area (Å²) in [5, 5.41) is 4.15. The van der Waals surface area contributed by atoms with Gasteiger partial charge < -0.3 is 5.32 Å². The first-order valence-corrected chi connectivity index (χ1v) is 3.62. The number of rotatable bonds is 2. The maximum Gasteiger partial charge on any atom is 0.212 e. The maximum absolute atomic E-state index is 9.74. The molecule has 0 aromatic rings. The van der Waals surface area contributed by atoms with E-state index in [1.165, 1.54) is 11.8 Å². The molecule has 0 radical (unpaired) electrons. The van der Waals surface area contributed by atoms with Crippen LogP contribution < -0.4 is 5.32 Å². The molecule has 0 rings (SSSR count). The highest BCUT2D eigenvalue weighted by molar-refractivity contribution is 8.24. The van der Waals surface area contributed by atoms with E-state index >= 15 is 0 Å². The van der Waals surface area contributed by atoms with E-state index in [0.29, 0.717) is 10.7 Å². The fourth-order valence-corrected chi connectivity index (χ4v) is 0.803. The molecule has 50 valence electrons. The van der Waals surface area contributed by atoms with Crippen LogP contribution in [0.4, 0.5) is 0 Å². The molecule has 0 bridgehead atoms. The molecule has 0 heterocycles. The van der Waals surface area contributed by atoms with E-state index in [2.05, 4.69) is 17.5 Å². The number of allylic oxidation sites excluding steroid dienone is 1. The van der Waals surface area contributed by atoms with Crippen molar-refractivity contribution in [2.45, 2.75) is 6.92 Å². The Morgan fingerprint density at radius 3 is 2.89 bits per heavy atom. The van der Waals surface area contributed by atoms with Crippen molar-refractivity contribution in [3.8, 4) is 0 Å². The Morgan fingerprint density at radius 2 is 2.44 bits per heavy atom. The molecule has 1 amide bonds. The van der Waals surface area contributed by atoms with Gasteiger partial charge in [0.2, 0.25) is 6.41 Å². The molecular weight excluding hydrogens is 154 g/mol. The molecule has 0 aliphatic rings. The Morgan fingerprint density at radius 1 is 1.78 bits per heavy atom. The molecule has 0 atom stereocenters. The lowest BCUT2D eigenvalue weighted by atomic mass is 10.8. The minimum atomic E-state index is 0.475. The third-order valence-electron chi connectivity index (χ3n) is 0.488. The molecule has 2 nitrogen and oxygen atoms in total. The molecule has 1 N–H and O–H groups in total. The lowest BCUT2D eigenvalue weighted by molar-refractivity contribution is -0.108. The van der Waals surface area contributed by atoms with E-state index in [4.69, 9.17) is 0 Å². The highest BCUT2D eigenvalue weighted by Gasteiger charge is 1.87. The van der Waals surface area contributed by atoms with Gasteiger partial charge in [0.15, 0.2) is 0 Å². The molecule has 0 unspecified atom stereocenters. The maximum atomic E-state index is 9.74. The summed E-state index contributed by atoms with van der Waals surface area (Å²) in [5.41, 5.74) is 0. The zero-order chi connectivity index (χ0) is 7.11. The lowest BCUT2D eigenvalue weighted by Crippen LogP contribution is -2.14. The number of nitrogens with one attached hydrogen (secondary N) is 1. The number of carbonyl (C=O) groups is 1. The van der Waals surface area contributed by atoms with Gasteiger partial charge in [0, 0.05) is 0 Å². The highest BCUT2D eigenvalue weighted by atomic mass is 32.2. The smallest absolute Gasteiger partial charge is 0.212 e. The van der Waals surface area contributed by atoms with Crippen LogP contribution in [0.15, 0.2) is 11.5 Å². The van der Waals surface area contributed by atoms with Crippen LogP contribution in [-0.2, 0) is 4.79 Å². The number of carbonyl (C=O) groups excluding carboxylic acids is 1. The SMILES string of the molecule is C/C=C\SC(=S)NC=O. The Labute approximate surface area is 63.7 Å². The second-order valence-corrected chi connectivity index (χ2v) is 2.72. The molecule has 0 saturated carbocycles. The van der Waals surface area contributed by atoms with Gasteiger partial charge in [-0.2, -0.15) is 0 Å². The van der Waals surface area contributed by atoms with Crippen molar-refractivity contribution in [3.63, 3.8) is 0 Å². The molecular formula is C5H7NOS2. The average Bonchev–Trinajstić information content (AvgIpc) is 1.85. The van der Waals surface area contributed by atoms with E-state index < -0.39 is 0 Å². The van der Waals surface area contributed by atoms with E-state index in [0.717, 1.165) is 0 Å². The third kappa shape index (κ3) is 5.52. The summed E-state index contributed by atoms with van der Waals surface area (Å²) in [5.74, 6) is 0. The van der Waals surface area contributed by atoms with Crippen molar-refractivity contribution in [2.75, 3.05) is 0 Å². The molecule has 0 spiro atoms. The Hall–Kier alpha value is -0.350. The predicted octanol–water partition coefficient (Wildman–Crippen LogP) is 1.28. The zero-order valence-electron chi connectivity index (χ0n) is 4.96. The van der Waals surface area contributed by atoms with Crippen LogP contribution in [0.5, 0.6) is 0 Å². The first kappa shape index (κ1) is 8.65. The van der Waals surface area contributed by atoms with Crippen LogP contribution in [0.25, 0.3) is 0 Å². The minimum Gasteiger partial charge on any atom is -0.314 e. The number of amides is 1. The normalized spacial score (nSPS) is 9.44. The molecule has 0 aromatic heterocycles. The lowest BCUT2D eigenvalue weighted by Gasteiger charge is -1.92. The van der Waals surface area contributed by atoms with Crippen molar-refractivity contribution in [3.05, 3.63) is 11.5 Å². The summed E-state index contributed by atoms with van der Waals surface area (Å²) in [7, 11) is 0. The van der Waals surface area contributed by atoms with Gasteiger partial charge in [0.05, 0.1) is 0 Å². The minimum absolute atomic E-state index is 0.475. The number of hydrogen-bond donors (Lipinski definition) is 1. The summed E-state index contributed by atoms with van der Waals surface area (Å²) in [6.45, 7) is 1.89. The van der Waals surface area contributed by atoms with Crippen LogP contribution in [-0.4, -0.2) is 10.7 Å². The standard InChI is InChI=1S/C5H7NOS2/c1-2-3-9-5(8)6-4-7/h2-4H,1H3,(H,6,7,8)/b3-2-. The van der Waals surface area contributed by atoms with Crippen LogP contribution in [0.3, 0.4) is 0 Å². The number of thiocarbonyl (C=S) groups is 1. The van der Waals surface area contributed by atoms with Crippen LogP contribution in [0.2, 0.25) is 0 Å². The fraction of sp³-hybridized carbons (Fsp3) is 0.200. The number of hydrogen-bond acceptors (Lipinski definition) is 3. The quantitative estimate of drug-likeness (QED) is 0.488. The summed E-state index contributed by atoms with van der Waals surface area (Å²) in [4.78, 5) is 9.74. The van der Waals surface area contributed by atoms with Crippen molar-refractivity contribution in [1.82, 2.24) is 5.32 Å². The van der Waals surface area contributed by atoms with Gasteiger partial charge in [-0.3, -0.25) is 4.79 Å². The molecule has 0 aromatic carbocycles. The average molecular weight is 161 g/mol. The Bertz CT molecular complexity index is 133. The van der Waals surface area contributed by atoms with Crippen molar-refractivity contribution < 1.29 is 4.79 Å².